The summed E-state index contributed by atoms with van der Waals surface area (Å²) in [6, 6.07) is 6.29. The van der Waals surface area contributed by atoms with E-state index in [2.05, 4.69) is 36.9 Å². The molecule has 6 heteroatoms. The van der Waals surface area contributed by atoms with Crippen molar-refractivity contribution in [1.82, 2.24) is 4.90 Å². The van der Waals surface area contributed by atoms with Gasteiger partial charge in [0.15, 0.2) is 0 Å². The molecule has 0 aromatic heterocycles. The maximum absolute atomic E-state index is 13.0. The van der Waals surface area contributed by atoms with Crippen molar-refractivity contribution in [3.8, 4) is 0 Å². The Balaban J connectivity index is 1.45. The van der Waals surface area contributed by atoms with Crippen molar-refractivity contribution in [3.63, 3.8) is 0 Å². The summed E-state index contributed by atoms with van der Waals surface area (Å²) in [4.78, 5) is 28.7. The first-order valence-corrected chi connectivity index (χ1v) is 9.14. The topological polar surface area (TPSA) is 70.1 Å². The SMILES string of the molecule is Cc1cccc(N2CCN(C(=O)[C@@H]3[C@@H](C(=O)O)[C@@H]4C=C[C@@H]3O4)CC2)c1C. The largest absolute Gasteiger partial charge is 0.481 e. The summed E-state index contributed by atoms with van der Waals surface area (Å²) in [5.74, 6) is -2.41. The highest BCUT2D eigenvalue weighted by Gasteiger charge is 2.54. The molecule has 6 nitrogen and oxygen atoms in total. The number of anilines is 1. The number of carbonyl (C=O) groups is 2. The number of ether oxygens (including phenoxy) is 1. The second-order valence-corrected chi connectivity index (χ2v) is 7.37. The summed E-state index contributed by atoms with van der Waals surface area (Å²) in [6.45, 7) is 6.95. The Morgan fingerprint density at radius 1 is 1.04 bits per heavy atom. The average molecular weight is 356 g/mol. The number of rotatable bonds is 3. The molecule has 0 aliphatic carbocycles. The second kappa shape index (κ2) is 6.43. The number of carboxylic acid groups (broad SMARTS) is 1. The lowest BCUT2D eigenvalue weighted by Crippen LogP contribution is -2.53. The Hall–Kier alpha value is -2.34. The van der Waals surface area contributed by atoms with Gasteiger partial charge in [0.1, 0.15) is 5.92 Å². The van der Waals surface area contributed by atoms with Crippen molar-refractivity contribution in [2.45, 2.75) is 26.1 Å². The zero-order valence-corrected chi connectivity index (χ0v) is 15.1. The van der Waals surface area contributed by atoms with Gasteiger partial charge in [-0.2, -0.15) is 0 Å². The molecule has 1 aromatic rings. The van der Waals surface area contributed by atoms with Crippen LogP contribution in [-0.4, -0.2) is 60.3 Å². The fourth-order valence-corrected chi connectivity index (χ4v) is 4.35. The van der Waals surface area contributed by atoms with E-state index in [0.29, 0.717) is 13.1 Å². The van der Waals surface area contributed by atoms with Gasteiger partial charge in [0, 0.05) is 31.9 Å². The monoisotopic (exact) mass is 356 g/mol. The first-order chi connectivity index (χ1) is 12.5. The molecule has 2 bridgehead atoms. The van der Waals surface area contributed by atoms with Gasteiger partial charge < -0.3 is 19.6 Å². The van der Waals surface area contributed by atoms with E-state index in [4.69, 9.17) is 4.74 Å². The van der Waals surface area contributed by atoms with E-state index in [1.165, 1.54) is 16.8 Å². The van der Waals surface area contributed by atoms with E-state index in [1.807, 2.05) is 6.08 Å². The molecule has 138 valence electrons. The van der Waals surface area contributed by atoms with Crippen molar-refractivity contribution >= 4 is 17.6 Å². The van der Waals surface area contributed by atoms with Crippen molar-refractivity contribution in [3.05, 3.63) is 41.5 Å². The third kappa shape index (κ3) is 2.69. The molecule has 2 saturated heterocycles. The van der Waals surface area contributed by atoms with Gasteiger partial charge in [-0.1, -0.05) is 24.3 Å². The van der Waals surface area contributed by atoms with Crippen LogP contribution in [0.4, 0.5) is 5.69 Å². The van der Waals surface area contributed by atoms with Crippen molar-refractivity contribution in [2.24, 2.45) is 11.8 Å². The molecule has 2 fully saturated rings. The molecule has 0 saturated carbocycles. The van der Waals surface area contributed by atoms with Crippen LogP contribution in [0, 0.1) is 25.7 Å². The maximum atomic E-state index is 13.0. The molecule has 3 aliphatic rings. The molecule has 0 radical (unpaired) electrons. The number of amides is 1. The van der Waals surface area contributed by atoms with Gasteiger partial charge in [-0.25, -0.2) is 0 Å². The Morgan fingerprint density at radius 2 is 1.69 bits per heavy atom. The minimum Gasteiger partial charge on any atom is -0.481 e. The second-order valence-electron chi connectivity index (χ2n) is 7.37. The van der Waals surface area contributed by atoms with Gasteiger partial charge in [-0.3, -0.25) is 9.59 Å². The Bertz CT molecular complexity index is 767. The molecule has 3 aliphatic heterocycles. The number of carboxylic acids is 1. The lowest BCUT2D eigenvalue weighted by Gasteiger charge is -2.39. The predicted octanol–water partition coefficient (Wildman–Crippen LogP) is 1.61. The van der Waals surface area contributed by atoms with Crippen LogP contribution >= 0.6 is 0 Å². The first-order valence-electron chi connectivity index (χ1n) is 9.14. The van der Waals surface area contributed by atoms with Crippen LogP contribution in [0.3, 0.4) is 0 Å². The third-order valence-corrected chi connectivity index (χ3v) is 5.98. The molecular formula is C20H24N2O4. The fourth-order valence-electron chi connectivity index (χ4n) is 4.35. The van der Waals surface area contributed by atoms with Gasteiger partial charge in [0.25, 0.3) is 0 Å². The number of carbonyl (C=O) groups excluding carboxylic acids is 1. The average Bonchev–Trinajstić information content (AvgIpc) is 3.25. The zero-order valence-electron chi connectivity index (χ0n) is 15.1. The van der Waals surface area contributed by atoms with Crippen LogP contribution in [0.25, 0.3) is 0 Å². The number of aliphatic carboxylic acids is 1. The Labute approximate surface area is 153 Å². The molecular weight excluding hydrogens is 332 g/mol. The minimum atomic E-state index is -0.950. The summed E-state index contributed by atoms with van der Waals surface area (Å²) in [7, 11) is 0. The van der Waals surface area contributed by atoms with E-state index in [0.717, 1.165) is 13.1 Å². The molecule has 3 heterocycles. The minimum absolute atomic E-state index is 0.0881. The zero-order chi connectivity index (χ0) is 18.4. The number of piperazine rings is 1. The maximum Gasteiger partial charge on any atom is 0.310 e. The molecule has 4 atom stereocenters. The summed E-state index contributed by atoms with van der Waals surface area (Å²) >= 11 is 0. The number of aryl methyl sites for hydroxylation is 1. The highest BCUT2D eigenvalue weighted by atomic mass is 16.5. The number of fused-ring (bicyclic) bond motifs is 2. The number of hydrogen-bond donors (Lipinski definition) is 1. The van der Waals surface area contributed by atoms with Crippen LogP contribution in [0.1, 0.15) is 11.1 Å². The molecule has 0 spiro atoms. The van der Waals surface area contributed by atoms with Crippen LogP contribution in [0.15, 0.2) is 30.4 Å². The molecule has 1 aromatic carbocycles. The first kappa shape index (κ1) is 17.1. The molecule has 1 N–H and O–H groups in total. The van der Waals surface area contributed by atoms with Gasteiger partial charge in [-0.05, 0) is 31.0 Å². The van der Waals surface area contributed by atoms with Gasteiger partial charge in [-0.15, -0.1) is 0 Å². The lowest BCUT2D eigenvalue weighted by molar-refractivity contribution is -0.149. The van der Waals surface area contributed by atoms with Crippen LogP contribution in [-0.2, 0) is 14.3 Å². The highest BCUT2D eigenvalue weighted by Crippen LogP contribution is 2.40. The standard InChI is InChI=1S/C20H24N2O4/c1-12-4-3-5-14(13(12)2)21-8-10-22(11-9-21)19(23)17-15-6-7-16(26-15)18(17)20(24)25/h3-7,15-18H,8-11H2,1-2H3,(H,24,25)/t15-,16-,17-,18-/m0/s1. The Kier molecular flexibility index (Phi) is 4.23. The van der Waals surface area contributed by atoms with Crippen LogP contribution in [0.2, 0.25) is 0 Å². The summed E-state index contributed by atoms with van der Waals surface area (Å²) < 4.78 is 5.64. The van der Waals surface area contributed by atoms with E-state index >= 15 is 0 Å². The van der Waals surface area contributed by atoms with E-state index in [-0.39, 0.29) is 5.91 Å². The number of benzene rings is 1. The van der Waals surface area contributed by atoms with Crippen molar-refractivity contribution in [1.29, 1.82) is 0 Å². The Morgan fingerprint density at radius 3 is 2.35 bits per heavy atom. The lowest BCUT2D eigenvalue weighted by atomic mass is 9.82. The molecule has 0 unspecified atom stereocenters. The third-order valence-electron chi connectivity index (χ3n) is 5.98. The van der Waals surface area contributed by atoms with Gasteiger partial charge in [0.2, 0.25) is 5.91 Å². The van der Waals surface area contributed by atoms with E-state index in [9.17, 15) is 14.7 Å². The van der Waals surface area contributed by atoms with Crippen LogP contribution in [0.5, 0.6) is 0 Å². The molecule has 26 heavy (non-hydrogen) atoms. The van der Waals surface area contributed by atoms with E-state index < -0.39 is 30.0 Å². The summed E-state index contributed by atoms with van der Waals surface area (Å²) in [6.07, 6.45) is 2.73. The van der Waals surface area contributed by atoms with Gasteiger partial charge >= 0.3 is 5.97 Å². The summed E-state index contributed by atoms with van der Waals surface area (Å²) in [5, 5.41) is 9.51. The quantitative estimate of drug-likeness (QED) is 0.833. The molecule has 4 rings (SSSR count). The van der Waals surface area contributed by atoms with Crippen LogP contribution < -0.4 is 4.90 Å². The fraction of sp³-hybridized carbons (Fsp3) is 0.500. The van der Waals surface area contributed by atoms with E-state index in [1.54, 1.807) is 11.0 Å². The number of nitrogens with zero attached hydrogens (tertiary/aromatic N) is 2. The highest BCUT2D eigenvalue weighted by molar-refractivity contribution is 5.87. The van der Waals surface area contributed by atoms with Crippen molar-refractivity contribution in [2.75, 3.05) is 31.1 Å². The predicted molar refractivity (Wildman–Crippen MR) is 97.1 cm³/mol. The number of hydrogen-bond acceptors (Lipinski definition) is 4. The smallest absolute Gasteiger partial charge is 0.310 e. The van der Waals surface area contributed by atoms with Crippen molar-refractivity contribution < 1.29 is 19.4 Å². The normalized spacial score (nSPS) is 30.1. The van der Waals surface area contributed by atoms with Gasteiger partial charge in [0.05, 0.1) is 18.1 Å². The molecule has 1 amide bonds. The summed E-state index contributed by atoms with van der Waals surface area (Å²) in [5.41, 5.74) is 3.74.